The van der Waals surface area contributed by atoms with Crippen molar-refractivity contribution in [2.24, 2.45) is 0 Å². The third kappa shape index (κ3) is 5.35. The van der Waals surface area contributed by atoms with E-state index >= 15 is 0 Å². The Morgan fingerprint density at radius 3 is 2.60 bits per heavy atom. The molecule has 0 aliphatic heterocycles. The lowest BCUT2D eigenvalue weighted by Gasteiger charge is -2.11. The van der Waals surface area contributed by atoms with E-state index in [0.29, 0.717) is 29.0 Å². The fourth-order valence-corrected chi connectivity index (χ4v) is 3.74. The summed E-state index contributed by atoms with van der Waals surface area (Å²) < 4.78 is 1.80. The number of nitro groups is 1. The maximum absolute atomic E-state index is 11.8. The van der Waals surface area contributed by atoms with Crippen LogP contribution in [0.4, 0.5) is 10.5 Å². The van der Waals surface area contributed by atoms with Crippen LogP contribution in [0.2, 0.25) is 0 Å². The average molecular weight is 427 g/mol. The molecule has 30 heavy (non-hydrogen) atoms. The minimum Gasteiger partial charge on any atom is -0.338 e. The highest BCUT2D eigenvalue weighted by atomic mass is 32.2. The molecular weight excluding hydrogens is 404 g/mol. The monoisotopic (exact) mass is 426 g/mol. The minimum absolute atomic E-state index is 0.00258. The van der Waals surface area contributed by atoms with Gasteiger partial charge in [0.25, 0.3) is 5.69 Å². The van der Waals surface area contributed by atoms with Crippen LogP contribution < -0.4 is 10.6 Å². The number of benzene rings is 2. The van der Waals surface area contributed by atoms with Crippen molar-refractivity contribution in [2.45, 2.75) is 31.3 Å². The Balaban J connectivity index is 1.87. The number of nitrogens with one attached hydrogen (secondary N) is 2. The van der Waals surface area contributed by atoms with Crippen molar-refractivity contribution in [3.8, 4) is 5.69 Å². The van der Waals surface area contributed by atoms with Crippen molar-refractivity contribution >= 4 is 23.5 Å². The lowest BCUT2D eigenvalue weighted by atomic mass is 10.2. The molecule has 2 N–H and O–H groups in total. The first-order chi connectivity index (χ1) is 14.5. The van der Waals surface area contributed by atoms with Crippen LogP contribution in [0.3, 0.4) is 0 Å². The molecule has 3 aromatic rings. The molecular formula is C20H22N6O3S. The molecule has 0 bridgehead atoms. The Morgan fingerprint density at radius 1 is 1.17 bits per heavy atom. The molecule has 0 spiro atoms. The SMILES string of the molecule is CCNC(=O)NCc1nnc(SCc2cccc(C)c2)n1-c1ccc([N+](=O)[O-])cc1. The maximum atomic E-state index is 11.8. The highest BCUT2D eigenvalue weighted by molar-refractivity contribution is 7.98. The zero-order valence-corrected chi connectivity index (χ0v) is 17.5. The Labute approximate surface area is 178 Å². The number of hydrogen-bond donors (Lipinski definition) is 2. The molecule has 0 unspecified atom stereocenters. The summed E-state index contributed by atoms with van der Waals surface area (Å²) >= 11 is 1.51. The number of rotatable bonds is 8. The fourth-order valence-electron chi connectivity index (χ4n) is 2.82. The Bertz CT molecular complexity index is 1040. The van der Waals surface area contributed by atoms with E-state index < -0.39 is 4.92 Å². The highest BCUT2D eigenvalue weighted by Gasteiger charge is 2.16. The van der Waals surface area contributed by atoms with Crippen LogP contribution in [0.25, 0.3) is 5.69 Å². The van der Waals surface area contributed by atoms with Gasteiger partial charge < -0.3 is 10.6 Å². The third-order valence-electron chi connectivity index (χ3n) is 4.21. The number of aryl methyl sites for hydroxylation is 1. The number of amides is 2. The van der Waals surface area contributed by atoms with Gasteiger partial charge in [-0.25, -0.2) is 4.79 Å². The minimum atomic E-state index is -0.444. The van der Waals surface area contributed by atoms with E-state index in [4.69, 9.17) is 0 Å². The van der Waals surface area contributed by atoms with Gasteiger partial charge in [0.15, 0.2) is 11.0 Å². The second kappa shape index (κ2) is 9.88. The van der Waals surface area contributed by atoms with E-state index in [0.717, 1.165) is 5.56 Å². The van der Waals surface area contributed by atoms with Gasteiger partial charge in [0.1, 0.15) is 0 Å². The van der Waals surface area contributed by atoms with Gasteiger partial charge in [-0.1, -0.05) is 41.6 Å². The van der Waals surface area contributed by atoms with E-state index in [2.05, 4.69) is 26.9 Å². The van der Waals surface area contributed by atoms with Crippen molar-refractivity contribution in [3.63, 3.8) is 0 Å². The molecule has 1 heterocycles. The van der Waals surface area contributed by atoms with Crippen molar-refractivity contribution in [1.29, 1.82) is 0 Å². The van der Waals surface area contributed by atoms with Crippen LogP contribution >= 0.6 is 11.8 Å². The van der Waals surface area contributed by atoms with Crippen LogP contribution in [-0.4, -0.2) is 32.3 Å². The number of nitrogens with zero attached hydrogens (tertiary/aromatic N) is 4. The molecule has 10 heteroatoms. The number of urea groups is 1. The molecule has 156 valence electrons. The quantitative estimate of drug-likeness (QED) is 0.323. The molecule has 9 nitrogen and oxygen atoms in total. The average Bonchev–Trinajstić information content (AvgIpc) is 3.14. The van der Waals surface area contributed by atoms with Crippen molar-refractivity contribution in [2.75, 3.05) is 6.54 Å². The largest absolute Gasteiger partial charge is 0.338 e. The van der Waals surface area contributed by atoms with Gasteiger partial charge in [-0.3, -0.25) is 14.7 Å². The van der Waals surface area contributed by atoms with Crippen LogP contribution in [0.5, 0.6) is 0 Å². The van der Waals surface area contributed by atoms with Crippen LogP contribution in [0.15, 0.2) is 53.7 Å². The topological polar surface area (TPSA) is 115 Å². The summed E-state index contributed by atoms with van der Waals surface area (Å²) in [6, 6.07) is 14.1. The molecule has 0 atom stereocenters. The molecule has 0 radical (unpaired) electrons. The van der Waals surface area contributed by atoms with Crippen LogP contribution in [-0.2, 0) is 12.3 Å². The summed E-state index contributed by atoms with van der Waals surface area (Å²) in [6.45, 7) is 4.55. The second-order valence-electron chi connectivity index (χ2n) is 6.50. The number of aromatic nitrogens is 3. The Hall–Kier alpha value is -3.40. The predicted molar refractivity (Wildman–Crippen MR) is 115 cm³/mol. The normalized spacial score (nSPS) is 10.6. The molecule has 2 amide bonds. The van der Waals surface area contributed by atoms with Crippen molar-refractivity contribution in [3.05, 3.63) is 75.6 Å². The Kier molecular flexibility index (Phi) is 7.02. The number of carbonyl (C=O) groups excluding carboxylic acids is 1. The molecule has 0 saturated heterocycles. The standard InChI is InChI=1S/C20H22N6O3S/c1-3-21-19(27)22-12-18-23-24-20(30-13-15-6-4-5-14(2)11-15)25(18)16-7-9-17(10-8-16)26(28)29/h4-11H,3,12-13H2,1-2H3,(H2,21,22,27). The molecule has 3 rings (SSSR count). The van der Waals surface area contributed by atoms with E-state index in [1.54, 1.807) is 16.7 Å². The van der Waals surface area contributed by atoms with E-state index in [1.807, 2.05) is 32.0 Å². The first kappa shape index (κ1) is 21.3. The lowest BCUT2D eigenvalue weighted by molar-refractivity contribution is -0.384. The van der Waals surface area contributed by atoms with E-state index in [9.17, 15) is 14.9 Å². The van der Waals surface area contributed by atoms with Gasteiger partial charge in [0.2, 0.25) is 0 Å². The van der Waals surface area contributed by atoms with Gasteiger partial charge in [-0.2, -0.15) is 0 Å². The molecule has 0 fully saturated rings. The number of nitro benzene ring substituents is 1. The van der Waals surface area contributed by atoms with Gasteiger partial charge in [-0.15, -0.1) is 10.2 Å². The van der Waals surface area contributed by atoms with Gasteiger partial charge in [0.05, 0.1) is 11.5 Å². The summed E-state index contributed by atoms with van der Waals surface area (Å²) in [5.41, 5.74) is 3.02. The Morgan fingerprint density at radius 2 is 1.93 bits per heavy atom. The highest BCUT2D eigenvalue weighted by Crippen LogP contribution is 2.26. The van der Waals surface area contributed by atoms with E-state index in [1.165, 1.54) is 29.5 Å². The second-order valence-corrected chi connectivity index (χ2v) is 7.44. The van der Waals surface area contributed by atoms with Crippen LogP contribution in [0, 0.1) is 17.0 Å². The number of hydrogen-bond acceptors (Lipinski definition) is 6. The zero-order chi connectivity index (χ0) is 21.5. The fraction of sp³-hybridized carbons (Fsp3) is 0.250. The smallest absolute Gasteiger partial charge is 0.315 e. The summed E-state index contributed by atoms with van der Waals surface area (Å²) in [5, 5.41) is 25.5. The number of thioether (sulfide) groups is 1. The molecule has 0 saturated carbocycles. The van der Waals surface area contributed by atoms with E-state index in [-0.39, 0.29) is 18.3 Å². The molecule has 1 aromatic heterocycles. The summed E-state index contributed by atoms with van der Waals surface area (Å²) in [6.07, 6.45) is 0. The van der Waals surface area contributed by atoms with Crippen LogP contribution in [0.1, 0.15) is 23.9 Å². The third-order valence-corrected chi connectivity index (χ3v) is 5.21. The zero-order valence-electron chi connectivity index (χ0n) is 16.7. The summed E-state index contributed by atoms with van der Waals surface area (Å²) in [5.74, 6) is 1.22. The lowest BCUT2D eigenvalue weighted by Crippen LogP contribution is -2.35. The van der Waals surface area contributed by atoms with Gasteiger partial charge in [0, 0.05) is 30.1 Å². The first-order valence-corrected chi connectivity index (χ1v) is 10.4. The molecule has 2 aromatic carbocycles. The molecule has 0 aliphatic carbocycles. The van der Waals surface area contributed by atoms with Gasteiger partial charge in [-0.05, 0) is 31.5 Å². The first-order valence-electron chi connectivity index (χ1n) is 9.37. The number of carbonyl (C=O) groups is 1. The van der Waals surface area contributed by atoms with Gasteiger partial charge >= 0.3 is 6.03 Å². The predicted octanol–water partition coefficient (Wildman–Crippen LogP) is 3.60. The van der Waals surface area contributed by atoms with Crippen molar-refractivity contribution in [1.82, 2.24) is 25.4 Å². The molecule has 0 aliphatic rings. The maximum Gasteiger partial charge on any atom is 0.315 e. The van der Waals surface area contributed by atoms with Crippen molar-refractivity contribution < 1.29 is 9.72 Å². The summed E-state index contributed by atoms with van der Waals surface area (Å²) in [7, 11) is 0. The summed E-state index contributed by atoms with van der Waals surface area (Å²) in [4.78, 5) is 22.3. The number of non-ortho nitro benzene ring substituents is 1.